The summed E-state index contributed by atoms with van der Waals surface area (Å²) in [5.74, 6) is 0.840. The molecule has 3 rings (SSSR count). The van der Waals surface area contributed by atoms with E-state index in [-0.39, 0.29) is 25.0 Å². The Balaban J connectivity index is 1.82. The highest BCUT2D eigenvalue weighted by Crippen LogP contribution is 2.30. The molecule has 35 heavy (non-hydrogen) atoms. The Morgan fingerprint density at radius 3 is 2.43 bits per heavy atom. The number of carbonyl (C=O) groups is 2. The Hall–Kier alpha value is -4.00. The lowest BCUT2D eigenvalue weighted by atomic mass is 10.0. The zero-order chi connectivity index (χ0) is 25.2. The largest absolute Gasteiger partial charge is 0.466 e. The lowest BCUT2D eigenvalue weighted by Crippen LogP contribution is -2.39. The van der Waals surface area contributed by atoms with Crippen molar-refractivity contribution in [2.75, 3.05) is 19.5 Å². The summed E-state index contributed by atoms with van der Waals surface area (Å²) >= 11 is 0. The van der Waals surface area contributed by atoms with E-state index in [4.69, 9.17) is 19.9 Å². The zero-order valence-electron chi connectivity index (χ0n) is 20.4. The number of hydrogen-bond donors (Lipinski definition) is 1. The second-order valence-electron chi connectivity index (χ2n) is 8.24. The molecule has 7 nitrogen and oxygen atoms in total. The molecule has 0 saturated heterocycles. The molecular weight excluding hydrogens is 444 g/mol. The molecule has 0 fully saturated rings. The monoisotopic (exact) mass is 476 g/mol. The fraction of sp³-hybridized carbons (Fsp3) is 0.286. The van der Waals surface area contributed by atoms with Gasteiger partial charge in [0.25, 0.3) is 0 Å². The van der Waals surface area contributed by atoms with Crippen molar-refractivity contribution < 1.29 is 23.8 Å². The van der Waals surface area contributed by atoms with Crippen LogP contribution in [0.1, 0.15) is 30.5 Å². The number of anilines is 1. The van der Waals surface area contributed by atoms with Crippen molar-refractivity contribution in [3.05, 3.63) is 89.5 Å². The van der Waals surface area contributed by atoms with E-state index in [0.717, 1.165) is 16.7 Å². The maximum absolute atomic E-state index is 12.7. The van der Waals surface area contributed by atoms with Gasteiger partial charge in [-0.05, 0) is 61.7 Å². The van der Waals surface area contributed by atoms with Gasteiger partial charge in [0.15, 0.2) is 0 Å². The van der Waals surface area contributed by atoms with Crippen molar-refractivity contribution in [3.8, 4) is 11.5 Å². The number of ether oxygens (including phenoxy) is 3. The van der Waals surface area contributed by atoms with Crippen LogP contribution in [0.5, 0.6) is 11.5 Å². The first-order chi connectivity index (χ1) is 16.9. The number of amides is 1. The maximum atomic E-state index is 12.7. The molecule has 184 valence electrons. The van der Waals surface area contributed by atoms with Gasteiger partial charge < -0.3 is 24.8 Å². The molecule has 0 spiro atoms. The predicted octanol–water partition coefficient (Wildman–Crippen LogP) is 5.37. The Morgan fingerprint density at radius 2 is 1.71 bits per heavy atom. The lowest BCUT2D eigenvalue weighted by Gasteiger charge is -2.29. The van der Waals surface area contributed by atoms with Crippen LogP contribution in [0.3, 0.4) is 0 Å². The summed E-state index contributed by atoms with van der Waals surface area (Å²) in [5.41, 5.74) is 9.28. The first-order valence-electron chi connectivity index (χ1n) is 11.6. The average molecular weight is 477 g/mol. The van der Waals surface area contributed by atoms with Crippen LogP contribution in [0, 0.1) is 0 Å². The van der Waals surface area contributed by atoms with Gasteiger partial charge in [0, 0.05) is 17.3 Å². The smallest absolute Gasteiger partial charge is 0.410 e. The summed E-state index contributed by atoms with van der Waals surface area (Å²) in [6.07, 6.45) is 0.398. The van der Waals surface area contributed by atoms with Gasteiger partial charge >= 0.3 is 12.1 Å². The Labute approximate surface area is 206 Å². The third kappa shape index (κ3) is 7.50. The van der Waals surface area contributed by atoms with Crippen LogP contribution in [-0.2, 0) is 33.7 Å². The summed E-state index contributed by atoms with van der Waals surface area (Å²) < 4.78 is 16.3. The van der Waals surface area contributed by atoms with Gasteiger partial charge in [0.05, 0.1) is 26.7 Å². The van der Waals surface area contributed by atoms with E-state index < -0.39 is 6.09 Å². The average Bonchev–Trinajstić information content (AvgIpc) is 2.84. The van der Waals surface area contributed by atoms with Crippen molar-refractivity contribution in [1.82, 2.24) is 4.90 Å². The Morgan fingerprint density at radius 1 is 0.971 bits per heavy atom. The molecular formula is C28H32N2O5. The number of nitrogens with zero attached hydrogens (tertiary/aromatic N) is 1. The van der Waals surface area contributed by atoms with E-state index in [0.29, 0.717) is 30.2 Å². The summed E-state index contributed by atoms with van der Waals surface area (Å²) in [4.78, 5) is 26.2. The van der Waals surface area contributed by atoms with Crippen molar-refractivity contribution >= 4 is 17.7 Å². The predicted molar refractivity (Wildman–Crippen MR) is 135 cm³/mol. The standard InChI is InChI=1S/C28H32N2O5/c1-4-34-27(31)17-22-11-8-12-25(16-22)35-26-14-13-24(29)18-23(26)19-30(28(32)33-3)20(2)15-21-9-6-5-7-10-21/h5-14,16,18,20H,4,15,17,19,29H2,1-3H3. The van der Waals surface area contributed by atoms with E-state index in [1.165, 1.54) is 7.11 Å². The number of carbonyl (C=O) groups excluding carboxylic acids is 2. The van der Waals surface area contributed by atoms with Crippen LogP contribution in [0.15, 0.2) is 72.8 Å². The van der Waals surface area contributed by atoms with E-state index >= 15 is 0 Å². The molecule has 0 aliphatic heterocycles. The number of benzene rings is 3. The summed E-state index contributed by atoms with van der Waals surface area (Å²) in [5, 5.41) is 0. The fourth-order valence-corrected chi connectivity index (χ4v) is 3.81. The minimum atomic E-state index is -0.432. The Kier molecular flexibility index (Phi) is 9.12. The molecule has 1 amide bonds. The second kappa shape index (κ2) is 12.5. The summed E-state index contributed by atoms with van der Waals surface area (Å²) in [7, 11) is 1.37. The maximum Gasteiger partial charge on any atom is 0.410 e. The summed E-state index contributed by atoms with van der Waals surface area (Å²) in [6, 6.07) is 22.4. The van der Waals surface area contributed by atoms with Gasteiger partial charge in [-0.3, -0.25) is 4.79 Å². The van der Waals surface area contributed by atoms with Gasteiger partial charge in [-0.2, -0.15) is 0 Å². The number of methoxy groups -OCH3 is 1. The molecule has 7 heteroatoms. The quantitative estimate of drug-likeness (QED) is 0.313. The molecule has 2 N–H and O–H groups in total. The number of hydrogen-bond acceptors (Lipinski definition) is 6. The highest BCUT2D eigenvalue weighted by atomic mass is 16.5. The number of nitrogens with two attached hydrogens (primary N) is 1. The normalized spacial score (nSPS) is 11.4. The van der Waals surface area contributed by atoms with Gasteiger partial charge in [0.1, 0.15) is 11.5 Å². The molecule has 0 aliphatic rings. The second-order valence-corrected chi connectivity index (χ2v) is 8.24. The number of esters is 1. The highest BCUT2D eigenvalue weighted by molar-refractivity contribution is 5.72. The van der Waals surface area contributed by atoms with E-state index in [2.05, 4.69) is 0 Å². The topological polar surface area (TPSA) is 91.1 Å². The van der Waals surface area contributed by atoms with E-state index in [9.17, 15) is 9.59 Å². The zero-order valence-corrected chi connectivity index (χ0v) is 20.4. The van der Waals surface area contributed by atoms with Crippen LogP contribution in [-0.4, -0.2) is 36.7 Å². The number of nitrogen functional groups attached to an aromatic ring is 1. The lowest BCUT2D eigenvalue weighted by molar-refractivity contribution is -0.142. The van der Waals surface area contributed by atoms with Gasteiger partial charge in [-0.1, -0.05) is 42.5 Å². The Bertz CT molecular complexity index is 1130. The minimum absolute atomic E-state index is 0.132. The highest BCUT2D eigenvalue weighted by Gasteiger charge is 2.23. The molecule has 1 atom stereocenters. The SMILES string of the molecule is CCOC(=O)Cc1cccc(Oc2ccc(N)cc2CN(C(=O)OC)C(C)Cc2ccccc2)c1. The molecule has 3 aromatic carbocycles. The molecule has 1 unspecified atom stereocenters. The van der Waals surface area contributed by atoms with Crippen LogP contribution < -0.4 is 10.5 Å². The van der Waals surface area contributed by atoms with Crippen LogP contribution in [0.25, 0.3) is 0 Å². The van der Waals surface area contributed by atoms with Crippen molar-refractivity contribution in [1.29, 1.82) is 0 Å². The summed E-state index contributed by atoms with van der Waals surface area (Å²) in [6.45, 7) is 4.35. The van der Waals surface area contributed by atoms with Crippen LogP contribution in [0.2, 0.25) is 0 Å². The molecule has 3 aromatic rings. The van der Waals surface area contributed by atoms with Crippen molar-refractivity contribution in [2.24, 2.45) is 0 Å². The van der Waals surface area contributed by atoms with Gasteiger partial charge in [-0.25, -0.2) is 4.79 Å². The van der Waals surface area contributed by atoms with Crippen LogP contribution >= 0.6 is 0 Å². The third-order valence-electron chi connectivity index (χ3n) is 5.52. The van der Waals surface area contributed by atoms with Gasteiger partial charge in [0.2, 0.25) is 0 Å². The molecule has 0 bridgehead atoms. The van der Waals surface area contributed by atoms with Crippen molar-refractivity contribution in [2.45, 2.75) is 39.3 Å². The van der Waals surface area contributed by atoms with E-state index in [1.807, 2.05) is 55.5 Å². The number of rotatable bonds is 10. The van der Waals surface area contributed by atoms with Crippen LogP contribution in [0.4, 0.5) is 10.5 Å². The molecule has 0 radical (unpaired) electrons. The molecule has 0 saturated carbocycles. The molecule has 0 aromatic heterocycles. The first-order valence-corrected chi connectivity index (χ1v) is 11.6. The third-order valence-corrected chi connectivity index (χ3v) is 5.52. The first kappa shape index (κ1) is 25.6. The van der Waals surface area contributed by atoms with Crippen molar-refractivity contribution in [3.63, 3.8) is 0 Å². The fourth-order valence-electron chi connectivity index (χ4n) is 3.81. The molecule has 0 aliphatic carbocycles. The minimum Gasteiger partial charge on any atom is -0.466 e. The molecule has 0 heterocycles. The van der Waals surface area contributed by atoms with E-state index in [1.54, 1.807) is 36.1 Å². The van der Waals surface area contributed by atoms with Gasteiger partial charge in [-0.15, -0.1) is 0 Å².